The van der Waals surface area contributed by atoms with Gasteiger partial charge in [-0.25, -0.2) is 4.98 Å². The van der Waals surface area contributed by atoms with Crippen molar-refractivity contribution >= 4 is 11.6 Å². The number of ether oxygens (including phenoxy) is 1. The monoisotopic (exact) mass is 222 g/mol. The van der Waals surface area contributed by atoms with Gasteiger partial charge in [0.2, 0.25) is 0 Å². The van der Waals surface area contributed by atoms with Gasteiger partial charge in [-0.3, -0.25) is 4.79 Å². The van der Waals surface area contributed by atoms with Gasteiger partial charge in [-0.2, -0.15) is 0 Å². The van der Waals surface area contributed by atoms with Crippen LogP contribution in [0.3, 0.4) is 0 Å². The molecule has 1 unspecified atom stereocenters. The third kappa shape index (κ3) is 3.62. The Hall–Kier alpha value is -1.42. The zero-order valence-corrected chi connectivity index (χ0v) is 9.77. The topological polar surface area (TPSA) is 65.2 Å². The minimum absolute atomic E-state index is 0.0925. The number of carbonyl (C=O) groups is 1. The maximum Gasteiger partial charge on any atom is 0.165 e. The summed E-state index contributed by atoms with van der Waals surface area (Å²) >= 11 is 0. The Balaban J connectivity index is 2.62. The second-order valence-corrected chi connectivity index (χ2v) is 3.75. The smallest absolute Gasteiger partial charge is 0.165 e. The molecule has 1 atom stereocenters. The molecule has 4 nitrogen and oxygen atoms in total. The SMILES string of the molecule is CCCC(OC)C(=O)Cc1ccnc(N)c1. The molecule has 88 valence electrons. The highest BCUT2D eigenvalue weighted by molar-refractivity contribution is 5.85. The average molecular weight is 222 g/mol. The minimum atomic E-state index is -0.306. The molecule has 0 saturated heterocycles. The molecule has 0 bridgehead atoms. The van der Waals surface area contributed by atoms with Crippen molar-refractivity contribution in [2.75, 3.05) is 12.8 Å². The maximum atomic E-state index is 11.9. The summed E-state index contributed by atoms with van der Waals surface area (Å²) in [5, 5.41) is 0. The summed E-state index contributed by atoms with van der Waals surface area (Å²) in [5.74, 6) is 0.532. The van der Waals surface area contributed by atoms with Crippen molar-refractivity contribution < 1.29 is 9.53 Å². The van der Waals surface area contributed by atoms with Crippen molar-refractivity contribution in [1.82, 2.24) is 4.98 Å². The lowest BCUT2D eigenvalue weighted by atomic mass is 10.0. The van der Waals surface area contributed by atoms with Crippen LogP contribution in [0.4, 0.5) is 5.82 Å². The largest absolute Gasteiger partial charge is 0.384 e. The number of ketones is 1. The lowest BCUT2D eigenvalue weighted by molar-refractivity contribution is -0.128. The van der Waals surface area contributed by atoms with Crippen molar-refractivity contribution in [2.45, 2.75) is 32.3 Å². The summed E-state index contributed by atoms with van der Waals surface area (Å²) < 4.78 is 5.16. The first-order valence-corrected chi connectivity index (χ1v) is 5.43. The van der Waals surface area contributed by atoms with Crippen LogP contribution in [0.15, 0.2) is 18.3 Å². The van der Waals surface area contributed by atoms with Gasteiger partial charge in [0.05, 0.1) is 0 Å². The lowest BCUT2D eigenvalue weighted by Gasteiger charge is -2.12. The number of pyridine rings is 1. The van der Waals surface area contributed by atoms with Crippen LogP contribution in [0.5, 0.6) is 0 Å². The molecular weight excluding hydrogens is 204 g/mol. The number of Topliss-reactive ketones (excluding diaryl/α,β-unsaturated/α-hetero) is 1. The highest BCUT2D eigenvalue weighted by atomic mass is 16.5. The van der Waals surface area contributed by atoms with Crippen LogP contribution in [0.25, 0.3) is 0 Å². The van der Waals surface area contributed by atoms with Gasteiger partial charge < -0.3 is 10.5 Å². The summed E-state index contributed by atoms with van der Waals surface area (Å²) in [5.41, 5.74) is 6.43. The number of nitrogens with zero attached hydrogens (tertiary/aromatic N) is 1. The first-order chi connectivity index (χ1) is 7.67. The Bertz CT molecular complexity index is 353. The molecule has 0 aliphatic rings. The molecule has 0 spiro atoms. The Morgan fingerprint density at radius 2 is 2.38 bits per heavy atom. The Morgan fingerprint density at radius 1 is 1.62 bits per heavy atom. The van der Waals surface area contributed by atoms with E-state index < -0.39 is 0 Å². The summed E-state index contributed by atoms with van der Waals surface area (Å²) in [6.45, 7) is 2.03. The van der Waals surface area contributed by atoms with E-state index >= 15 is 0 Å². The molecule has 0 saturated carbocycles. The second kappa shape index (κ2) is 6.23. The third-order valence-electron chi connectivity index (χ3n) is 2.42. The first kappa shape index (κ1) is 12.6. The highest BCUT2D eigenvalue weighted by Crippen LogP contribution is 2.09. The van der Waals surface area contributed by atoms with Gasteiger partial charge >= 0.3 is 0 Å². The predicted molar refractivity (Wildman–Crippen MR) is 63.1 cm³/mol. The fourth-order valence-electron chi connectivity index (χ4n) is 1.59. The molecule has 0 aliphatic carbocycles. The molecular formula is C12H18N2O2. The van der Waals surface area contributed by atoms with Crippen LogP contribution in [-0.4, -0.2) is 24.0 Å². The number of aromatic nitrogens is 1. The molecule has 1 rings (SSSR count). The quantitative estimate of drug-likeness (QED) is 0.793. The van der Waals surface area contributed by atoms with Gasteiger partial charge in [-0.15, -0.1) is 0 Å². The van der Waals surface area contributed by atoms with E-state index in [-0.39, 0.29) is 11.9 Å². The fraction of sp³-hybridized carbons (Fsp3) is 0.500. The Morgan fingerprint density at radius 3 is 2.94 bits per heavy atom. The summed E-state index contributed by atoms with van der Waals surface area (Å²) in [6.07, 6.45) is 3.35. The second-order valence-electron chi connectivity index (χ2n) is 3.75. The van der Waals surface area contributed by atoms with Crippen LogP contribution in [-0.2, 0) is 16.0 Å². The molecule has 1 aromatic rings. The van der Waals surface area contributed by atoms with Crippen molar-refractivity contribution in [3.63, 3.8) is 0 Å². The molecule has 0 amide bonds. The van der Waals surface area contributed by atoms with Gasteiger partial charge in [0.15, 0.2) is 5.78 Å². The van der Waals surface area contributed by atoms with E-state index in [0.29, 0.717) is 12.2 Å². The van der Waals surface area contributed by atoms with Crippen LogP contribution < -0.4 is 5.73 Å². The van der Waals surface area contributed by atoms with Crippen LogP contribution in [0.2, 0.25) is 0 Å². The normalized spacial score (nSPS) is 12.4. The van der Waals surface area contributed by atoms with E-state index in [9.17, 15) is 4.79 Å². The van der Waals surface area contributed by atoms with Crippen LogP contribution in [0.1, 0.15) is 25.3 Å². The molecule has 0 fully saturated rings. The van der Waals surface area contributed by atoms with Gasteiger partial charge in [0.25, 0.3) is 0 Å². The van der Waals surface area contributed by atoms with E-state index in [4.69, 9.17) is 10.5 Å². The number of nitrogen functional groups attached to an aromatic ring is 1. The third-order valence-corrected chi connectivity index (χ3v) is 2.42. The number of hydrogen-bond donors (Lipinski definition) is 1. The zero-order valence-electron chi connectivity index (χ0n) is 9.77. The molecule has 1 aromatic heterocycles. The van der Waals surface area contributed by atoms with E-state index in [2.05, 4.69) is 4.98 Å². The van der Waals surface area contributed by atoms with Crippen molar-refractivity contribution in [2.24, 2.45) is 0 Å². The van der Waals surface area contributed by atoms with Gasteiger partial charge in [0, 0.05) is 19.7 Å². The number of hydrogen-bond acceptors (Lipinski definition) is 4. The fourth-order valence-corrected chi connectivity index (χ4v) is 1.59. The van der Waals surface area contributed by atoms with Gasteiger partial charge in [-0.1, -0.05) is 13.3 Å². The number of carbonyl (C=O) groups excluding carboxylic acids is 1. The number of rotatable bonds is 6. The number of nitrogens with two attached hydrogens (primary N) is 1. The molecule has 0 radical (unpaired) electrons. The van der Waals surface area contributed by atoms with Gasteiger partial charge in [0.1, 0.15) is 11.9 Å². The minimum Gasteiger partial charge on any atom is -0.384 e. The Kier molecular flexibility index (Phi) is 4.92. The van der Waals surface area contributed by atoms with Crippen molar-refractivity contribution in [3.05, 3.63) is 23.9 Å². The van der Waals surface area contributed by atoms with E-state index in [0.717, 1.165) is 18.4 Å². The molecule has 0 aliphatic heterocycles. The van der Waals surface area contributed by atoms with E-state index in [1.807, 2.05) is 6.92 Å². The molecule has 16 heavy (non-hydrogen) atoms. The number of methoxy groups -OCH3 is 1. The molecule has 4 heteroatoms. The first-order valence-electron chi connectivity index (χ1n) is 5.43. The van der Waals surface area contributed by atoms with Gasteiger partial charge in [-0.05, 0) is 24.1 Å². The molecule has 2 N–H and O–H groups in total. The summed E-state index contributed by atoms with van der Waals surface area (Å²) in [7, 11) is 1.57. The average Bonchev–Trinajstić information content (AvgIpc) is 2.25. The van der Waals surface area contributed by atoms with Crippen molar-refractivity contribution in [1.29, 1.82) is 0 Å². The van der Waals surface area contributed by atoms with Crippen molar-refractivity contribution in [3.8, 4) is 0 Å². The number of anilines is 1. The Labute approximate surface area is 95.8 Å². The maximum absolute atomic E-state index is 11.9. The molecule has 0 aromatic carbocycles. The standard InChI is InChI=1S/C12H18N2O2/c1-3-4-11(16-2)10(15)7-9-5-6-14-12(13)8-9/h5-6,8,11H,3-4,7H2,1-2H3,(H2,13,14). The van der Waals surface area contributed by atoms with E-state index in [1.165, 1.54) is 0 Å². The summed E-state index contributed by atoms with van der Waals surface area (Å²) in [4.78, 5) is 15.7. The lowest BCUT2D eigenvalue weighted by Crippen LogP contribution is -2.24. The highest BCUT2D eigenvalue weighted by Gasteiger charge is 2.16. The van der Waals surface area contributed by atoms with E-state index in [1.54, 1.807) is 25.4 Å². The molecule has 1 heterocycles. The van der Waals surface area contributed by atoms with Crippen LogP contribution in [0, 0.1) is 0 Å². The zero-order chi connectivity index (χ0) is 12.0. The van der Waals surface area contributed by atoms with Crippen LogP contribution >= 0.6 is 0 Å². The summed E-state index contributed by atoms with van der Waals surface area (Å²) in [6, 6.07) is 3.52. The predicted octanol–water partition coefficient (Wildman–Crippen LogP) is 1.59.